The molecule has 1 aliphatic heterocycles. The van der Waals surface area contributed by atoms with Crippen molar-refractivity contribution in [1.29, 1.82) is 0 Å². The third-order valence-electron chi connectivity index (χ3n) is 4.88. The number of methoxy groups -OCH3 is 1. The molecule has 2 heterocycles. The normalized spacial score (nSPS) is 20.0. The molecule has 0 bridgehead atoms. The van der Waals surface area contributed by atoms with Crippen LogP contribution in [0.15, 0.2) is 36.5 Å². The van der Waals surface area contributed by atoms with Gasteiger partial charge in [0.2, 0.25) is 0 Å². The van der Waals surface area contributed by atoms with Gasteiger partial charge in [-0.05, 0) is 30.9 Å². The zero-order valence-electron chi connectivity index (χ0n) is 14.0. The molecule has 24 heavy (non-hydrogen) atoms. The van der Waals surface area contributed by atoms with Gasteiger partial charge in [-0.25, -0.2) is 0 Å². The standard InChI is InChI=1S/C19H23N3O2/c1-24-13-17-11-21(19(23)15-5-3-2-4-6-15)10-16-12-22(20-18(16)17)9-14-7-8-14/h2-6,12,14,17H,7-11,13H2,1H3/t17-/m1/s1. The maximum Gasteiger partial charge on any atom is 0.254 e. The minimum atomic E-state index is 0.0808. The molecule has 0 unspecified atom stereocenters. The van der Waals surface area contributed by atoms with Gasteiger partial charge in [-0.3, -0.25) is 9.48 Å². The Balaban J connectivity index is 1.58. The minimum Gasteiger partial charge on any atom is -0.384 e. The van der Waals surface area contributed by atoms with E-state index in [9.17, 15) is 4.79 Å². The summed E-state index contributed by atoms with van der Waals surface area (Å²) >= 11 is 0. The van der Waals surface area contributed by atoms with Crippen LogP contribution < -0.4 is 0 Å². The maximum atomic E-state index is 12.8. The molecule has 0 radical (unpaired) electrons. The van der Waals surface area contributed by atoms with Crippen LogP contribution in [-0.2, 0) is 17.8 Å². The molecule has 1 amide bonds. The zero-order valence-corrected chi connectivity index (χ0v) is 14.0. The summed E-state index contributed by atoms with van der Waals surface area (Å²) < 4.78 is 7.46. The Morgan fingerprint density at radius 3 is 2.79 bits per heavy atom. The first-order chi connectivity index (χ1) is 11.7. The molecule has 1 saturated carbocycles. The highest BCUT2D eigenvalue weighted by Crippen LogP contribution is 2.33. The number of ether oxygens (including phenoxy) is 1. The molecule has 0 N–H and O–H groups in total. The Hall–Kier alpha value is -2.14. The average Bonchev–Trinajstić information content (AvgIpc) is 3.32. The van der Waals surface area contributed by atoms with Crippen LogP contribution in [-0.4, -0.2) is 40.8 Å². The van der Waals surface area contributed by atoms with Crippen molar-refractivity contribution in [1.82, 2.24) is 14.7 Å². The van der Waals surface area contributed by atoms with Crippen LogP contribution in [0.4, 0.5) is 0 Å². The Labute approximate surface area is 142 Å². The van der Waals surface area contributed by atoms with Gasteiger partial charge in [0, 0.05) is 50.0 Å². The molecular weight excluding hydrogens is 302 g/mol. The van der Waals surface area contributed by atoms with Gasteiger partial charge in [-0.1, -0.05) is 18.2 Å². The van der Waals surface area contributed by atoms with Gasteiger partial charge in [-0.15, -0.1) is 0 Å². The van der Waals surface area contributed by atoms with E-state index in [4.69, 9.17) is 9.84 Å². The van der Waals surface area contributed by atoms with Gasteiger partial charge < -0.3 is 9.64 Å². The lowest BCUT2D eigenvalue weighted by molar-refractivity contribution is 0.0678. The van der Waals surface area contributed by atoms with Crippen LogP contribution in [0.2, 0.25) is 0 Å². The van der Waals surface area contributed by atoms with E-state index >= 15 is 0 Å². The highest BCUT2D eigenvalue weighted by atomic mass is 16.5. The van der Waals surface area contributed by atoms with E-state index in [0.717, 1.165) is 29.3 Å². The minimum absolute atomic E-state index is 0.0808. The van der Waals surface area contributed by atoms with Gasteiger partial charge in [0.15, 0.2) is 0 Å². The van der Waals surface area contributed by atoms with Gasteiger partial charge in [0.1, 0.15) is 0 Å². The van der Waals surface area contributed by atoms with Crippen molar-refractivity contribution in [3.05, 3.63) is 53.3 Å². The van der Waals surface area contributed by atoms with E-state index in [1.54, 1.807) is 7.11 Å². The summed E-state index contributed by atoms with van der Waals surface area (Å²) in [5.41, 5.74) is 3.00. The van der Waals surface area contributed by atoms with Crippen LogP contribution in [0, 0.1) is 5.92 Å². The predicted octanol–water partition coefficient (Wildman–Crippen LogP) is 2.68. The first-order valence-electron chi connectivity index (χ1n) is 8.64. The number of carbonyl (C=O) groups is 1. The molecule has 5 nitrogen and oxygen atoms in total. The molecule has 126 valence electrons. The van der Waals surface area contributed by atoms with Crippen LogP contribution in [0.5, 0.6) is 0 Å². The Morgan fingerprint density at radius 1 is 1.29 bits per heavy atom. The Kier molecular flexibility index (Phi) is 4.10. The fraction of sp³-hybridized carbons (Fsp3) is 0.474. The van der Waals surface area contributed by atoms with Crippen molar-refractivity contribution in [2.45, 2.75) is 31.8 Å². The fourth-order valence-corrected chi connectivity index (χ4v) is 3.48. The number of rotatable bonds is 5. The van der Waals surface area contributed by atoms with Gasteiger partial charge in [-0.2, -0.15) is 5.10 Å². The van der Waals surface area contributed by atoms with Crippen molar-refractivity contribution in [2.24, 2.45) is 5.92 Å². The van der Waals surface area contributed by atoms with Crippen LogP contribution >= 0.6 is 0 Å². The summed E-state index contributed by atoms with van der Waals surface area (Å²) in [5, 5.41) is 4.80. The summed E-state index contributed by atoms with van der Waals surface area (Å²) in [6.07, 6.45) is 4.75. The molecular formula is C19H23N3O2. The van der Waals surface area contributed by atoms with E-state index in [-0.39, 0.29) is 11.8 Å². The van der Waals surface area contributed by atoms with Gasteiger partial charge in [0.25, 0.3) is 5.91 Å². The summed E-state index contributed by atoms with van der Waals surface area (Å²) in [5.74, 6) is 1.01. The Bertz CT molecular complexity index is 721. The van der Waals surface area contributed by atoms with Crippen molar-refractivity contribution in [2.75, 3.05) is 20.3 Å². The third kappa shape index (κ3) is 3.08. The van der Waals surface area contributed by atoms with Gasteiger partial charge in [0.05, 0.1) is 12.3 Å². The summed E-state index contributed by atoms with van der Waals surface area (Å²) in [6.45, 7) is 2.88. The first-order valence-corrected chi connectivity index (χ1v) is 8.64. The SMILES string of the molecule is COC[C@H]1CN(C(=O)c2ccccc2)Cc2cn(CC3CC3)nc21. The molecule has 0 spiro atoms. The summed E-state index contributed by atoms with van der Waals surface area (Å²) in [4.78, 5) is 14.7. The number of carbonyl (C=O) groups excluding carboxylic acids is 1. The number of hydrogen-bond acceptors (Lipinski definition) is 3. The number of amides is 1. The Morgan fingerprint density at radius 2 is 2.08 bits per heavy atom. The number of hydrogen-bond donors (Lipinski definition) is 0. The second-order valence-corrected chi connectivity index (χ2v) is 6.91. The average molecular weight is 325 g/mol. The molecule has 4 rings (SSSR count). The number of fused-ring (bicyclic) bond motifs is 1. The molecule has 1 fully saturated rings. The highest BCUT2D eigenvalue weighted by molar-refractivity contribution is 5.94. The molecule has 1 aliphatic carbocycles. The second kappa shape index (κ2) is 6.40. The largest absolute Gasteiger partial charge is 0.384 e. The van der Waals surface area contributed by atoms with E-state index in [1.165, 1.54) is 12.8 Å². The molecule has 2 aromatic rings. The predicted molar refractivity (Wildman–Crippen MR) is 90.8 cm³/mol. The van der Waals surface area contributed by atoms with E-state index in [0.29, 0.717) is 19.7 Å². The highest BCUT2D eigenvalue weighted by Gasteiger charge is 2.32. The first kappa shape index (κ1) is 15.4. The number of benzene rings is 1. The van der Waals surface area contributed by atoms with Crippen LogP contribution in [0.1, 0.15) is 40.4 Å². The maximum absolute atomic E-state index is 12.8. The molecule has 2 aliphatic rings. The zero-order chi connectivity index (χ0) is 16.5. The van der Waals surface area contributed by atoms with E-state index in [1.807, 2.05) is 35.2 Å². The monoisotopic (exact) mass is 325 g/mol. The quantitative estimate of drug-likeness (QED) is 0.849. The lowest BCUT2D eigenvalue weighted by Crippen LogP contribution is -2.39. The lowest BCUT2D eigenvalue weighted by Gasteiger charge is -2.31. The lowest BCUT2D eigenvalue weighted by atomic mass is 9.96. The smallest absolute Gasteiger partial charge is 0.254 e. The number of aromatic nitrogens is 2. The van der Waals surface area contributed by atoms with E-state index < -0.39 is 0 Å². The second-order valence-electron chi connectivity index (χ2n) is 6.91. The molecule has 1 atom stereocenters. The van der Waals surface area contributed by atoms with Crippen LogP contribution in [0.3, 0.4) is 0 Å². The number of nitrogens with zero attached hydrogens (tertiary/aromatic N) is 3. The van der Waals surface area contributed by atoms with Crippen LogP contribution in [0.25, 0.3) is 0 Å². The van der Waals surface area contributed by atoms with Crippen molar-refractivity contribution >= 4 is 5.91 Å². The molecule has 0 saturated heterocycles. The van der Waals surface area contributed by atoms with E-state index in [2.05, 4.69) is 10.9 Å². The topological polar surface area (TPSA) is 47.4 Å². The molecule has 5 heteroatoms. The van der Waals surface area contributed by atoms with Crippen molar-refractivity contribution in [3.63, 3.8) is 0 Å². The third-order valence-corrected chi connectivity index (χ3v) is 4.88. The fourth-order valence-electron chi connectivity index (χ4n) is 3.48. The molecule has 1 aromatic carbocycles. The molecule has 1 aromatic heterocycles. The summed E-state index contributed by atoms with van der Waals surface area (Å²) in [6, 6.07) is 9.49. The van der Waals surface area contributed by atoms with Gasteiger partial charge >= 0.3 is 0 Å². The van der Waals surface area contributed by atoms with Crippen molar-refractivity contribution in [3.8, 4) is 0 Å². The van der Waals surface area contributed by atoms with Crippen molar-refractivity contribution < 1.29 is 9.53 Å². The summed E-state index contributed by atoms with van der Waals surface area (Å²) in [7, 11) is 1.71.